The number of hydrogen-bond acceptors (Lipinski definition) is 5. The van der Waals surface area contributed by atoms with Crippen LogP contribution in [0, 0.1) is 5.92 Å². The van der Waals surface area contributed by atoms with Crippen molar-refractivity contribution in [1.82, 2.24) is 10.1 Å². The zero-order chi connectivity index (χ0) is 12.5. The Balaban J connectivity index is 1.78. The van der Waals surface area contributed by atoms with Crippen LogP contribution in [0.15, 0.2) is 4.52 Å². The Morgan fingerprint density at radius 2 is 2.22 bits per heavy atom. The maximum absolute atomic E-state index is 11.1. The molecule has 6 heteroatoms. The Morgan fingerprint density at radius 1 is 1.33 bits per heavy atom. The molecule has 0 bridgehead atoms. The van der Waals surface area contributed by atoms with Crippen molar-refractivity contribution >= 4 is 5.97 Å². The van der Waals surface area contributed by atoms with Gasteiger partial charge in [-0.05, 0) is 19.3 Å². The fourth-order valence-corrected chi connectivity index (χ4v) is 2.85. The number of carboxylic acid groups (broad SMARTS) is 1. The van der Waals surface area contributed by atoms with Crippen LogP contribution in [0.25, 0.3) is 0 Å². The number of aromatic nitrogens is 2. The Morgan fingerprint density at radius 3 is 2.94 bits per heavy atom. The topological polar surface area (TPSA) is 85.5 Å². The van der Waals surface area contributed by atoms with Gasteiger partial charge >= 0.3 is 5.97 Å². The molecule has 0 amide bonds. The molecule has 0 radical (unpaired) electrons. The maximum Gasteiger partial charge on any atom is 0.307 e. The normalized spacial score (nSPS) is 31.9. The van der Waals surface area contributed by atoms with E-state index in [1.807, 2.05) is 0 Å². The van der Waals surface area contributed by atoms with Crippen LogP contribution in [0.4, 0.5) is 0 Å². The van der Waals surface area contributed by atoms with Crippen LogP contribution in [0.3, 0.4) is 0 Å². The molecule has 2 heterocycles. The summed E-state index contributed by atoms with van der Waals surface area (Å²) in [6, 6.07) is 0. The Bertz CT molecular complexity index is 439. The molecule has 1 aliphatic carbocycles. The van der Waals surface area contributed by atoms with E-state index in [9.17, 15) is 4.79 Å². The van der Waals surface area contributed by atoms with Crippen LogP contribution in [0.1, 0.15) is 49.2 Å². The highest BCUT2D eigenvalue weighted by molar-refractivity contribution is 5.71. The number of carboxylic acids is 1. The summed E-state index contributed by atoms with van der Waals surface area (Å²) < 4.78 is 10.6. The van der Waals surface area contributed by atoms with Gasteiger partial charge in [0.2, 0.25) is 5.89 Å². The van der Waals surface area contributed by atoms with Crippen molar-refractivity contribution < 1.29 is 19.2 Å². The molecular formula is C12H16N2O4. The van der Waals surface area contributed by atoms with Crippen LogP contribution in [-0.4, -0.2) is 34.4 Å². The van der Waals surface area contributed by atoms with Crippen LogP contribution in [-0.2, 0) is 9.53 Å². The third-order valence-electron chi connectivity index (χ3n) is 3.90. The highest BCUT2D eigenvalue weighted by Crippen LogP contribution is 2.39. The molecule has 3 atom stereocenters. The average Bonchev–Trinajstić information content (AvgIpc) is 3.10. The maximum atomic E-state index is 11.1. The Labute approximate surface area is 104 Å². The lowest BCUT2D eigenvalue weighted by Gasteiger charge is -2.10. The number of carbonyl (C=O) groups is 1. The molecule has 1 saturated carbocycles. The van der Waals surface area contributed by atoms with E-state index < -0.39 is 5.97 Å². The van der Waals surface area contributed by atoms with E-state index in [-0.39, 0.29) is 17.8 Å². The lowest BCUT2D eigenvalue weighted by Crippen LogP contribution is -2.17. The number of ether oxygens (including phenoxy) is 1. The largest absolute Gasteiger partial charge is 0.481 e. The number of aliphatic carboxylic acids is 1. The smallest absolute Gasteiger partial charge is 0.307 e. The van der Waals surface area contributed by atoms with Crippen LogP contribution >= 0.6 is 0 Å². The summed E-state index contributed by atoms with van der Waals surface area (Å²) in [5, 5.41) is 13.1. The zero-order valence-corrected chi connectivity index (χ0v) is 10.0. The summed E-state index contributed by atoms with van der Waals surface area (Å²) in [7, 11) is 0. The van der Waals surface area contributed by atoms with E-state index in [0.717, 1.165) is 25.9 Å². The summed E-state index contributed by atoms with van der Waals surface area (Å²) in [6.07, 6.45) is 3.34. The van der Waals surface area contributed by atoms with Gasteiger partial charge in [0.25, 0.3) is 0 Å². The van der Waals surface area contributed by atoms with Gasteiger partial charge in [0, 0.05) is 12.5 Å². The van der Waals surface area contributed by atoms with Gasteiger partial charge in [-0.3, -0.25) is 4.79 Å². The molecule has 1 N–H and O–H groups in total. The third-order valence-corrected chi connectivity index (χ3v) is 3.90. The van der Waals surface area contributed by atoms with E-state index in [4.69, 9.17) is 14.4 Å². The van der Waals surface area contributed by atoms with Crippen molar-refractivity contribution in [3.05, 3.63) is 11.7 Å². The predicted octanol–water partition coefficient (Wildman–Crippen LogP) is 1.54. The molecule has 1 aromatic heterocycles. The van der Waals surface area contributed by atoms with Crippen molar-refractivity contribution in [3.63, 3.8) is 0 Å². The molecule has 0 spiro atoms. The molecule has 1 saturated heterocycles. The Kier molecular flexibility index (Phi) is 3.03. The first-order valence-corrected chi connectivity index (χ1v) is 6.39. The first-order valence-electron chi connectivity index (χ1n) is 6.39. The fraction of sp³-hybridized carbons (Fsp3) is 0.750. The minimum absolute atomic E-state index is 0.119. The summed E-state index contributed by atoms with van der Waals surface area (Å²) in [6.45, 7) is 1.36. The SMILES string of the molecule is O=C(O)C1CCCC1c1nc(C2CCOC2)no1. The highest BCUT2D eigenvalue weighted by atomic mass is 16.5. The van der Waals surface area contributed by atoms with Crippen molar-refractivity contribution in [2.75, 3.05) is 13.2 Å². The quantitative estimate of drug-likeness (QED) is 0.878. The lowest BCUT2D eigenvalue weighted by atomic mass is 9.96. The van der Waals surface area contributed by atoms with Gasteiger partial charge in [0.1, 0.15) is 0 Å². The van der Waals surface area contributed by atoms with Gasteiger partial charge in [-0.25, -0.2) is 0 Å². The molecule has 2 aliphatic rings. The van der Waals surface area contributed by atoms with Crippen molar-refractivity contribution in [2.24, 2.45) is 5.92 Å². The lowest BCUT2D eigenvalue weighted by molar-refractivity contribution is -0.142. The highest BCUT2D eigenvalue weighted by Gasteiger charge is 2.38. The fourth-order valence-electron chi connectivity index (χ4n) is 2.85. The number of nitrogens with zero attached hydrogens (tertiary/aromatic N) is 2. The zero-order valence-electron chi connectivity index (χ0n) is 10.0. The minimum atomic E-state index is -0.763. The van der Waals surface area contributed by atoms with Crippen molar-refractivity contribution in [3.8, 4) is 0 Å². The molecule has 3 rings (SSSR count). The van der Waals surface area contributed by atoms with Crippen LogP contribution in [0.2, 0.25) is 0 Å². The number of hydrogen-bond donors (Lipinski definition) is 1. The molecule has 18 heavy (non-hydrogen) atoms. The molecule has 1 aromatic rings. The minimum Gasteiger partial charge on any atom is -0.481 e. The summed E-state index contributed by atoms with van der Waals surface area (Å²) in [5.74, 6) is 0.0955. The molecule has 6 nitrogen and oxygen atoms in total. The molecule has 2 fully saturated rings. The van der Waals surface area contributed by atoms with Crippen molar-refractivity contribution in [1.29, 1.82) is 0 Å². The van der Waals surface area contributed by atoms with Gasteiger partial charge in [-0.2, -0.15) is 4.98 Å². The molecule has 0 aromatic carbocycles. The van der Waals surface area contributed by atoms with Gasteiger partial charge in [-0.15, -0.1) is 0 Å². The van der Waals surface area contributed by atoms with Crippen LogP contribution < -0.4 is 0 Å². The van der Waals surface area contributed by atoms with Gasteiger partial charge in [-0.1, -0.05) is 11.6 Å². The third kappa shape index (κ3) is 2.01. The monoisotopic (exact) mass is 252 g/mol. The van der Waals surface area contributed by atoms with Gasteiger partial charge in [0.05, 0.1) is 18.4 Å². The van der Waals surface area contributed by atoms with E-state index in [0.29, 0.717) is 24.7 Å². The molecular weight excluding hydrogens is 236 g/mol. The predicted molar refractivity (Wildman–Crippen MR) is 60.2 cm³/mol. The summed E-state index contributed by atoms with van der Waals surface area (Å²) in [4.78, 5) is 15.5. The summed E-state index contributed by atoms with van der Waals surface area (Å²) in [5.41, 5.74) is 0. The second kappa shape index (κ2) is 4.68. The summed E-state index contributed by atoms with van der Waals surface area (Å²) >= 11 is 0. The molecule has 1 aliphatic heterocycles. The van der Waals surface area contributed by atoms with E-state index in [2.05, 4.69) is 10.1 Å². The first kappa shape index (κ1) is 11.6. The van der Waals surface area contributed by atoms with E-state index in [1.165, 1.54) is 0 Å². The Hall–Kier alpha value is -1.43. The molecule has 98 valence electrons. The van der Waals surface area contributed by atoms with E-state index >= 15 is 0 Å². The second-order valence-electron chi connectivity index (χ2n) is 5.03. The first-order chi connectivity index (χ1) is 8.75. The standard InChI is InChI=1S/C12H16N2O4/c15-12(16)9-3-1-2-8(9)11-13-10(14-18-11)7-4-5-17-6-7/h7-9H,1-6H2,(H,15,16). The average molecular weight is 252 g/mol. The van der Waals surface area contributed by atoms with Gasteiger partial charge in [0.15, 0.2) is 5.82 Å². The van der Waals surface area contributed by atoms with Crippen molar-refractivity contribution in [2.45, 2.75) is 37.5 Å². The van der Waals surface area contributed by atoms with Crippen LogP contribution in [0.5, 0.6) is 0 Å². The van der Waals surface area contributed by atoms with Gasteiger partial charge < -0.3 is 14.4 Å². The molecule has 3 unspecified atom stereocenters. The van der Waals surface area contributed by atoms with E-state index in [1.54, 1.807) is 0 Å². The second-order valence-corrected chi connectivity index (χ2v) is 5.03. The number of rotatable bonds is 3.